The van der Waals surface area contributed by atoms with E-state index in [2.05, 4.69) is 15.9 Å². The van der Waals surface area contributed by atoms with Crippen LogP contribution in [0, 0.1) is 21.7 Å². The smallest absolute Gasteiger partial charge is 0.273 e. The Morgan fingerprint density at radius 1 is 1.15 bits per heavy atom. The number of ether oxygens (including phenoxy) is 1. The standard InChI is InChI=1S/C13H8BrF2NO3/c14-12-2-1-11(17(18)19)6-13(12)20-7-8-3-9(15)5-10(16)4-8/h1-6H,7H2. The molecule has 2 aromatic rings. The number of non-ortho nitro benzene ring substituents is 1. The van der Waals surface area contributed by atoms with Crippen LogP contribution in [0.5, 0.6) is 5.75 Å². The summed E-state index contributed by atoms with van der Waals surface area (Å²) in [6, 6.07) is 7.05. The third-order valence-corrected chi connectivity index (χ3v) is 3.10. The van der Waals surface area contributed by atoms with Gasteiger partial charge >= 0.3 is 0 Å². The van der Waals surface area contributed by atoms with E-state index in [9.17, 15) is 18.9 Å². The minimum atomic E-state index is -0.707. The molecule has 0 aromatic heterocycles. The second kappa shape index (κ2) is 5.96. The first-order chi connectivity index (χ1) is 9.45. The Morgan fingerprint density at radius 3 is 2.40 bits per heavy atom. The van der Waals surface area contributed by atoms with Crippen molar-refractivity contribution >= 4 is 21.6 Å². The van der Waals surface area contributed by atoms with Gasteiger partial charge in [0.25, 0.3) is 5.69 Å². The van der Waals surface area contributed by atoms with Crippen LogP contribution in [-0.2, 0) is 6.61 Å². The Morgan fingerprint density at radius 2 is 1.80 bits per heavy atom. The van der Waals surface area contributed by atoms with Crippen LogP contribution in [0.25, 0.3) is 0 Å². The van der Waals surface area contributed by atoms with Crippen LogP contribution in [0.1, 0.15) is 5.56 Å². The molecule has 0 aliphatic heterocycles. The molecule has 0 amide bonds. The molecule has 20 heavy (non-hydrogen) atoms. The molecule has 0 aliphatic rings. The maximum Gasteiger partial charge on any atom is 0.273 e. The molecule has 0 aliphatic carbocycles. The summed E-state index contributed by atoms with van der Waals surface area (Å²) in [7, 11) is 0. The number of hydrogen-bond donors (Lipinski definition) is 0. The Bertz CT molecular complexity index is 644. The van der Waals surface area contributed by atoms with Gasteiger partial charge in [0.1, 0.15) is 24.0 Å². The Kier molecular flexibility index (Phi) is 4.29. The molecule has 0 saturated carbocycles. The molecule has 104 valence electrons. The fourth-order valence-electron chi connectivity index (χ4n) is 1.57. The summed E-state index contributed by atoms with van der Waals surface area (Å²) < 4.78 is 31.9. The van der Waals surface area contributed by atoms with Gasteiger partial charge in [-0.25, -0.2) is 8.78 Å². The molecule has 0 unspecified atom stereocenters. The number of rotatable bonds is 4. The summed E-state index contributed by atoms with van der Waals surface area (Å²) >= 11 is 3.19. The van der Waals surface area contributed by atoms with Gasteiger partial charge in [-0.1, -0.05) is 0 Å². The van der Waals surface area contributed by atoms with Crippen LogP contribution >= 0.6 is 15.9 Å². The highest BCUT2D eigenvalue weighted by Crippen LogP contribution is 2.30. The lowest BCUT2D eigenvalue weighted by Crippen LogP contribution is -1.98. The first kappa shape index (κ1) is 14.4. The van der Waals surface area contributed by atoms with Gasteiger partial charge in [0, 0.05) is 12.1 Å². The zero-order valence-electron chi connectivity index (χ0n) is 9.98. The number of nitro groups is 1. The van der Waals surface area contributed by atoms with Crippen molar-refractivity contribution in [2.45, 2.75) is 6.61 Å². The lowest BCUT2D eigenvalue weighted by molar-refractivity contribution is -0.385. The second-order valence-corrected chi connectivity index (χ2v) is 4.79. The average molecular weight is 344 g/mol. The minimum Gasteiger partial charge on any atom is -0.487 e. The quantitative estimate of drug-likeness (QED) is 0.617. The maximum atomic E-state index is 13.0. The molecule has 7 heteroatoms. The summed E-state index contributed by atoms with van der Waals surface area (Å²) in [6.07, 6.45) is 0. The average Bonchev–Trinajstić information content (AvgIpc) is 2.36. The van der Waals surface area contributed by atoms with Crippen LogP contribution in [0.3, 0.4) is 0 Å². The van der Waals surface area contributed by atoms with E-state index in [-0.39, 0.29) is 18.0 Å². The van der Waals surface area contributed by atoms with Crippen molar-refractivity contribution in [3.8, 4) is 5.75 Å². The maximum absolute atomic E-state index is 13.0. The van der Waals surface area contributed by atoms with Crippen LogP contribution in [0.4, 0.5) is 14.5 Å². The molecule has 2 aromatic carbocycles. The van der Waals surface area contributed by atoms with E-state index in [0.29, 0.717) is 10.0 Å². The highest BCUT2D eigenvalue weighted by Gasteiger charge is 2.11. The summed E-state index contributed by atoms with van der Waals surface area (Å²) in [4.78, 5) is 10.1. The number of nitro benzene ring substituents is 1. The number of benzene rings is 2. The largest absolute Gasteiger partial charge is 0.487 e. The predicted octanol–water partition coefficient (Wildman–Crippen LogP) is 4.21. The van der Waals surface area contributed by atoms with Crippen molar-refractivity contribution in [2.75, 3.05) is 0 Å². The minimum absolute atomic E-state index is 0.103. The normalized spacial score (nSPS) is 10.3. The van der Waals surface area contributed by atoms with Gasteiger partial charge in [-0.3, -0.25) is 10.1 Å². The van der Waals surface area contributed by atoms with Gasteiger partial charge in [0.2, 0.25) is 0 Å². The Hall–Kier alpha value is -2.02. The lowest BCUT2D eigenvalue weighted by atomic mass is 10.2. The molecule has 0 spiro atoms. The number of hydrogen-bond acceptors (Lipinski definition) is 3. The molecular weight excluding hydrogens is 336 g/mol. The van der Waals surface area contributed by atoms with Gasteiger partial charge in [-0.15, -0.1) is 0 Å². The summed E-state index contributed by atoms with van der Waals surface area (Å²) in [5.74, 6) is -1.19. The molecule has 0 N–H and O–H groups in total. The summed E-state index contributed by atoms with van der Waals surface area (Å²) in [5, 5.41) is 10.7. The van der Waals surface area contributed by atoms with E-state index in [1.54, 1.807) is 0 Å². The lowest BCUT2D eigenvalue weighted by Gasteiger charge is -2.08. The zero-order valence-corrected chi connectivity index (χ0v) is 11.6. The molecular formula is C13H8BrF2NO3. The van der Waals surface area contributed by atoms with E-state index >= 15 is 0 Å². The second-order valence-electron chi connectivity index (χ2n) is 3.94. The molecule has 4 nitrogen and oxygen atoms in total. The third-order valence-electron chi connectivity index (χ3n) is 2.44. The molecule has 0 radical (unpaired) electrons. The van der Waals surface area contributed by atoms with Crippen LogP contribution in [0.2, 0.25) is 0 Å². The highest BCUT2D eigenvalue weighted by atomic mass is 79.9. The SMILES string of the molecule is O=[N+]([O-])c1ccc(Br)c(OCc2cc(F)cc(F)c2)c1. The molecule has 0 heterocycles. The third kappa shape index (κ3) is 3.51. The Labute approximate surface area is 121 Å². The molecule has 0 atom stereocenters. The fourth-order valence-corrected chi connectivity index (χ4v) is 1.93. The van der Waals surface area contributed by atoms with E-state index in [1.807, 2.05) is 0 Å². The van der Waals surface area contributed by atoms with Gasteiger partial charge in [-0.2, -0.15) is 0 Å². The van der Waals surface area contributed by atoms with Gasteiger partial charge in [0.15, 0.2) is 0 Å². The van der Waals surface area contributed by atoms with Gasteiger partial charge < -0.3 is 4.74 Å². The van der Waals surface area contributed by atoms with Crippen molar-refractivity contribution in [1.29, 1.82) is 0 Å². The van der Waals surface area contributed by atoms with E-state index in [0.717, 1.165) is 18.2 Å². The van der Waals surface area contributed by atoms with Crippen molar-refractivity contribution in [3.63, 3.8) is 0 Å². The highest BCUT2D eigenvalue weighted by molar-refractivity contribution is 9.10. The van der Waals surface area contributed by atoms with E-state index < -0.39 is 16.6 Å². The molecule has 0 fully saturated rings. The van der Waals surface area contributed by atoms with Crippen LogP contribution in [-0.4, -0.2) is 4.92 Å². The van der Waals surface area contributed by atoms with Crippen molar-refractivity contribution in [1.82, 2.24) is 0 Å². The van der Waals surface area contributed by atoms with Gasteiger partial charge in [0.05, 0.1) is 15.5 Å². The first-order valence-electron chi connectivity index (χ1n) is 5.47. The number of halogens is 3. The van der Waals surface area contributed by atoms with E-state index in [1.165, 1.54) is 18.2 Å². The summed E-state index contributed by atoms with van der Waals surface area (Å²) in [5.41, 5.74) is 0.162. The summed E-state index contributed by atoms with van der Waals surface area (Å²) in [6.45, 7) is -0.103. The van der Waals surface area contributed by atoms with Crippen LogP contribution < -0.4 is 4.74 Å². The number of nitrogens with zero attached hydrogens (tertiary/aromatic N) is 1. The molecule has 2 rings (SSSR count). The monoisotopic (exact) mass is 343 g/mol. The fraction of sp³-hybridized carbons (Fsp3) is 0.0769. The van der Waals surface area contributed by atoms with Crippen molar-refractivity contribution in [2.24, 2.45) is 0 Å². The molecule has 0 bridgehead atoms. The van der Waals surface area contributed by atoms with Crippen molar-refractivity contribution in [3.05, 3.63) is 68.2 Å². The molecule has 0 saturated heterocycles. The zero-order chi connectivity index (χ0) is 14.7. The van der Waals surface area contributed by atoms with Gasteiger partial charge in [-0.05, 0) is 39.7 Å². The van der Waals surface area contributed by atoms with E-state index in [4.69, 9.17) is 4.74 Å². The predicted molar refractivity (Wildman–Crippen MR) is 71.5 cm³/mol. The van der Waals surface area contributed by atoms with Crippen molar-refractivity contribution < 1.29 is 18.4 Å². The topological polar surface area (TPSA) is 52.4 Å². The first-order valence-corrected chi connectivity index (χ1v) is 6.27. The van der Waals surface area contributed by atoms with Crippen LogP contribution in [0.15, 0.2) is 40.9 Å². The Balaban J connectivity index is 2.18.